The second-order valence-electron chi connectivity index (χ2n) is 11.8. The van der Waals surface area contributed by atoms with Crippen LogP contribution in [0.3, 0.4) is 0 Å². The molecule has 51 heavy (non-hydrogen) atoms. The van der Waals surface area contributed by atoms with Crippen LogP contribution in [-0.2, 0) is 11.4 Å². The van der Waals surface area contributed by atoms with E-state index in [1.165, 1.54) is 11.3 Å². The van der Waals surface area contributed by atoms with Crippen LogP contribution in [0, 0.1) is 0 Å². The van der Waals surface area contributed by atoms with Gasteiger partial charge in [0.05, 0.1) is 37.1 Å². The van der Waals surface area contributed by atoms with Crippen molar-refractivity contribution in [3.63, 3.8) is 0 Å². The van der Waals surface area contributed by atoms with Crippen LogP contribution < -0.4 is 39.2 Å². The minimum absolute atomic E-state index is 0.297. The van der Waals surface area contributed by atoms with Gasteiger partial charge in [0.1, 0.15) is 24.1 Å². The van der Waals surface area contributed by atoms with Crippen LogP contribution in [0.5, 0.6) is 23.0 Å². The summed E-state index contributed by atoms with van der Waals surface area (Å²) in [5.74, 6) is 1.80. The number of benzene rings is 5. The van der Waals surface area contributed by atoms with Gasteiger partial charge >= 0.3 is 0 Å². The maximum Gasteiger partial charge on any atom is 0.271 e. The van der Waals surface area contributed by atoms with Gasteiger partial charge in [0.15, 0.2) is 16.3 Å². The first-order valence-corrected chi connectivity index (χ1v) is 17.1. The number of anilines is 1. The van der Waals surface area contributed by atoms with Crippen molar-refractivity contribution in [3.8, 4) is 23.0 Å². The Bertz CT molecular complexity index is 2480. The van der Waals surface area contributed by atoms with E-state index in [1.807, 2.05) is 60.7 Å². The molecule has 5 aromatic carbocycles. The molecule has 0 bridgehead atoms. The highest BCUT2D eigenvalue weighted by Gasteiger charge is 2.34. The highest BCUT2D eigenvalue weighted by molar-refractivity contribution is 7.07. The van der Waals surface area contributed by atoms with E-state index >= 15 is 0 Å². The van der Waals surface area contributed by atoms with E-state index in [0.717, 1.165) is 21.9 Å². The maximum atomic E-state index is 14.4. The number of carbonyl (C=O) groups is 1. The van der Waals surface area contributed by atoms with Crippen molar-refractivity contribution in [3.05, 3.63) is 157 Å². The average molecular weight is 698 g/mol. The highest BCUT2D eigenvalue weighted by atomic mass is 32.1. The van der Waals surface area contributed by atoms with Crippen molar-refractivity contribution in [2.45, 2.75) is 19.6 Å². The number of rotatable bonds is 10. The van der Waals surface area contributed by atoms with Gasteiger partial charge in [-0.2, -0.15) is 0 Å². The van der Waals surface area contributed by atoms with E-state index in [0.29, 0.717) is 61.5 Å². The Morgan fingerprint density at radius 2 is 1.61 bits per heavy atom. The molecule has 0 aliphatic carbocycles. The summed E-state index contributed by atoms with van der Waals surface area (Å²) in [6.07, 6.45) is 1.80. The number of aromatic nitrogens is 1. The van der Waals surface area contributed by atoms with Crippen molar-refractivity contribution >= 4 is 39.8 Å². The Morgan fingerprint density at radius 1 is 0.843 bits per heavy atom. The third kappa shape index (κ3) is 6.61. The molecule has 1 aliphatic heterocycles. The fourth-order valence-corrected chi connectivity index (χ4v) is 7.34. The van der Waals surface area contributed by atoms with E-state index in [4.69, 9.17) is 23.9 Å². The van der Waals surface area contributed by atoms with Gasteiger partial charge in [-0.15, -0.1) is 0 Å². The van der Waals surface area contributed by atoms with E-state index in [2.05, 4.69) is 29.6 Å². The summed E-state index contributed by atoms with van der Waals surface area (Å²) < 4.78 is 25.2. The van der Waals surface area contributed by atoms with Crippen molar-refractivity contribution < 1.29 is 23.7 Å². The molecule has 0 saturated heterocycles. The van der Waals surface area contributed by atoms with Gasteiger partial charge in [0.2, 0.25) is 0 Å². The second kappa shape index (κ2) is 14.4. The number of para-hydroxylation sites is 1. The SMILES string of the molecule is COc1ccc([C@H]2C(C(=O)Nc3ccccc3)=C(C)N=c3s/c(=C\c4ccc(OCc5cccc6ccccc56)c(OC)c4)c(=O)n32)c(OC)c1. The number of nitrogens with zero attached hydrogens (tertiary/aromatic N) is 2. The van der Waals surface area contributed by atoms with Crippen LogP contribution in [0.15, 0.2) is 130 Å². The molecule has 0 saturated carbocycles. The maximum absolute atomic E-state index is 14.4. The number of ether oxygens (including phenoxy) is 4. The summed E-state index contributed by atoms with van der Waals surface area (Å²) in [4.78, 5) is 33.6. The lowest BCUT2D eigenvalue weighted by atomic mass is 9.94. The Morgan fingerprint density at radius 3 is 2.39 bits per heavy atom. The number of amides is 1. The van der Waals surface area contributed by atoms with E-state index in [-0.39, 0.29) is 11.5 Å². The largest absolute Gasteiger partial charge is 0.497 e. The first kappa shape index (κ1) is 33.4. The number of fused-ring (bicyclic) bond motifs is 2. The monoisotopic (exact) mass is 697 g/mol. The Balaban J connectivity index is 1.27. The number of allylic oxidation sites excluding steroid dienone is 1. The van der Waals surface area contributed by atoms with Crippen molar-refractivity contribution in [1.82, 2.24) is 4.57 Å². The predicted octanol–water partition coefficient (Wildman–Crippen LogP) is 6.63. The zero-order valence-corrected chi connectivity index (χ0v) is 29.3. The molecule has 1 N–H and O–H groups in total. The van der Waals surface area contributed by atoms with Crippen LogP contribution in [0.4, 0.5) is 5.69 Å². The molecule has 0 spiro atoms. The molecule has 1 aromatic heterocycles. The molecule has 0 radical (unpaired) electrons. The van der Waals surface area contributed by atoms with E-state index in [9.17, 15) is 9.59 Å². The fourth-order valence-electron chi connectivity index (χ4n) is 6.29. The topological polar surface area (TPSA) is 100 Å². The van der Waals surface area contributed by atoms with Crippen LogP contribution in [0.25, 0.3) is 16.8 Å². The molecule has 10 heteroatoms. The summed E-state index contributed by atoms with van der Waals surface area (Å²) in [6, 6.07) is 33.6. The van der Waals surface area contributed by atoms with Crippen LogP contribution in [0.1, 0.15) is 29.7 Å². The van der Waals surface area contributed by atoms with Crippen LogP contribution in [0.2, 0.25) is 0 Å². The number of nitrogens with one attached hydrogen (secondary N) is 1. The molecule has 0 unspecified atom stereocenters. The highest BCUT2D eigenvalue weighted by Crippen LogP contribution is 2.38. The Labute approximate surface area is 298 Å². The summed E-state index contributed by atoms with van der Waals surface area (Å²) in [6.45, 7) is 2.14. The minimum Gasteiger partial charge on any atom is -0.497 e. The number of hydrogen-bond acceptors (Lipinski definition) is 8. The number of hydrogen-bond donors (Lipinski definition) is 1. The normalized spacial score (nSPS) is 14.1. The average Bonchev–Trinajstić information content (AvgIpc) is 3.46. The summed E-state index contributed by atoms with van der Waals surface area (Å²) >= 11 is 1.25. The van der Waals surface area contributed by atoms with Gasteiger partial charge in [-0.1, -0.05) is 78.1 Å². The lowest BCUT2D eigenvalue weighted by Gasteiger charge is -2.26. The molecule has 256 valence electrons. The molecule has 1 amide bonds. The quantitative estimate of drug-likeness (QED) is 0.173. The zero-order chi connectivity index (χ0) is 35.5. The third-order valence-electron chi connectivity index (χ3n) is 8.78. The van der Waals surface area contributed by atoms with Gasteiger partial charge < -0.3 is 24.3 Å². The smallest absolute Gasteiger partial charge is 0.271 e. The van der Waals surface area contributed by atoms with E-state index in [1.54, 1.807) is 63.2 Å². The molecule has 1 aliphatic rings. The number of thiazole rings is 1. The molecule has 9 nitrogen and oxygen atoms in total. The molecule has 1 atom stereocenters. The number of carbonyl (C=O) groups excluding carboxylic acids is 1. The third-order valence-corrected chi connectivity index (χ3v) is 9.76. The standard InChI is InChI=1S/C41H35N3O6S/c1-25-37(39(45)43-29-14-6-5-7-15-29)38(32-19-18-30(47-2)23-34(32)48-3)44-40(46)36(51-41(44)42-25)22-26-17-20-33(35(21-26)49-4)50-24-28-13-10-12-27-11-8-9-16-31(27)28/h5-23,38H,24H2,1-4H3,(H,43,45)/b36-22-/t38-/m0/s1. The zero-order valence-electron chi connectivity index (χ0n) is 28.5. The van der Waals surface area contributed by atoms with E-state index < -0.39 is 6.04 Å². The van der Waals surface area contributed by atoms with Crippen molar-refractivity contribution in [2.24, 2.45) is 4.99 Å². The van der Waals surface area contributed by atoms with Crippen molar-refractivity contribution in [1.29, 1.82) is 0 Å². The molecule has 7 rings (SSSR count). The van der Waals surface area contributed by atoms with Gasteiger partial charge in [0, 0.05) is 17.3 Å². The second-order valence-corrected chi connectivity index (χ2v) is 12.9. The van der Waals surface area contributed by atoms with Crippen molar-refractivity contribution in [2.75, 3.05) is 26.6 Å². The van der Waals surface area contributed by atoms with Gasteiger partial charge in [-0.25, -0.2) is 4.99 Å². The first-order chi connectivity index (χ1) is 24.9. The lowest BCUT2D eigenvalue weighted by molar-refractivity contribution is -0.113. The molecular formula is C41H35N3O6S. The number of methoxy groups -OCH3 is 3. The Kier molecular flexibility index (Phi) is 9.41. The molecule has 6 aromatic rings. The minimum atomic E-state index is -0.827. The summed E-state index contributed by atoms with van der Waals surface area (Å²) in [7, 11) is 4.70. The Hall–Kier alpha value is -6.13. The van der Waals surface area contributed by atoms with Crippen LogP contribution >= 0.6 is 11.3 Å². The summed E-state index contributed by atoms with van der Waals surface area (Å²) in [5.41, 5.74) is 3.58. The van der Waals surface area contributed by atoms with Gasteiger partial charge in [0.25, 0.3) is 11.5 Å². The summed E-state index contributed by atoms with van der Waals surface area (Å²) in [5, 5.41) is 5.26. The molecular weight excluding hydrogens is 663 g/mol. The lowest BCUT2D eigenvalue weighted by Crippen LogP contribution is -2.40. The first-order valence-electron chi connectivity index (χ1n) is 16.3. The van der Waals surface area contributed by atoms with Gasteiger partial charge in [-0.3, -0.25) is 14.2 Å². The van der Waals surface area contributed by atoms with Crippen LogP contribution in [-0.4, -0.2) is 31.8 Å². The molecule has 2 heterocycles. The predicted molar refractivity (Wildman–Crippen MR) is 200 cm³/mol. The fraction of sp³-hybridized carbons (Fsp3) is 0.146. The molecule has 0 fully saturated rings. The van der Waals surface area contributed by atoms with Gasteiger partial charge in [-0.05, 0) is 71.3 Å².